The summed E-state index contributed by atoms with van der Waals surface area (Å²) in [6, 6.07) is 8.61. The fraction of sp³-hybridized carbons (Fsp3) is 0.647. The van der Waals surface area contributed by atoms with Crippen LogP contribution in [0.15, 0.2) is 24.3 Å². The van der Waals surface area contributed by atoms with Gasteiger partial charge in [0, 0.05) is 6.04 Å². The van der Waals surface area contributed by atoms with Gasteiger partial charge in [0.2, 0.25) is 0 Å². The van der Waals surface area contributed by atoms with Crippen LogP contribution in [0, 0.1) is 5.92 Å². The first-order valence-electron chi connectivity index (χ1n) is 7.92. The summed E-state index contributed by atoms with van der Waals surface area (Å²) >= 11 is 0. The van der Waals surface area contributed by atoms with E-state index >= 15 is 0 Å². The molecule has 2 atom stereocenters. The Bertz CT molecular complexity index is 377. The molecule has 2 rings (SSSR count). The summed E-state index contributed by atoms with van der Waals surface area (Å²) < 4.78 is 11.3. The maximum absolute atomic E-state index is 5.84. The van der Waals surface area contributed by atoms with Crippen LogP contribution >= 0.6 is 0 Å². The van der Waals surface area contributed by atoms with Crippen molar-refractivity contribution in [1.29, 1.82) is 0 Å². The molecule has 3 nitrogen and oxygen atoms in total. The van der Waals surface area contributed by atoms with Gasteiger partial charge in [-0.2, -0.15) is 0 Å². The van der Waals surface area contributed by atoms with E-state index < -0.39 is 0 Å². The average molecular weight is 277 g/mol. The molecule has 0 amide bonds. The van der Waals surface area contributed by atoms with E-state index in [4.69, 9.17) is 9.47 Å². The van der Waals surface area contributed by atoms with E-state index in [2.05, 4.69) is 12.2 Å². The Labute approximate surface area is 122 Å². The molecule has 0 aromatic heterocycles. The van der Waals surface area contributed by atoms with Gasteiger partial charge in [-0.15, -0.1) is 0 Å². The molecule has 3 heteroatoms. The lowest BCUT2D eigenvalue weighted by atomic mass is 10.00. The van der Waals surface area contributed by atoms with Crippen LogP contribution in [0.5, 0.6) is 11.5 Å². The van der Waals surface area contributed by atoms with E-state index in [-0.39, 0.29) is 0 Å². The highest BCUT2D eigenvalue weighted by molar-refractivity contribution is 5.31. The molecule has 1 aliphatic rings. The van der Waals surface area contributed by atoms with E-state index in [1.165, 1.54) is 19.3 Å². The smallest absolute Gasteiger partial charge is 0.119 e. The zero-order chi connectivity index (χ0) is 14.2. The molecule has 1 aliphatic carbocycles. The molecule has 1 saturated carbocycles. The lowest BCUT2D eigenvalue weighted by Crippen LogP contribution is -2.32. The third kappa shape index (κ3) is 4.41. The zero-order valence-corrected chi connectivity index (χ0v) is 12.7. The molecule has 20 heavy (non-hydrogen) atoms. The molecule has 0 heterocycles. The fourth-order valence-electron chi connectivity index (χ4n) is 3.04. The Morgan fingerprint density at radius 2 is 1.75 bits per heavy atom. The summed E-state index contributed by atoms with van der Waals surface area (Å²) in [6.45, 7) is 6.76. The Morgan fingerprint density at radius 1 is 1.05 bits per heavy atom. The highest BCUT2D eigenvalue weighted by Crippen LogP contribution is 2.28. The molecule has 112 valence electrons. The van der Waals surface area contributed by atoms with E-state index in [1.807, 2.05) is 31.2 Å². The van der Waals surface area contributed by atoms with E-state index in [9.17, 15) is 0 Å². The number of ether oxygens (including phenoxy) is 2. The Balaban J connectivity index is 1.72. The standard InChI is InChI=1S/C17H27NO2/c1-3-18-17-7-5-6-14(17)12-13-20-16-10-8-15(9-11-16)19-4-2/h8-11,14,17-18H,3-7,12-13H2,1-2H3. The molecule has 2 unspecified atom stereocenters. The van der Waals surface area contributed by atoms with Gasteiger partial charge in [0.25, 0.3) is 0 Å². The van der Waals surface area contributed by atoms with Crippen molar-refractivity contribution in [2.45, 2.75) is 45.6 Å². The maximum atomic E-state index is 5.84. The summed E-state index contributed by atoms with van der Waals surface area (Å²) in [5, 5.41) is 3.59. The SMILES string of the molecule is CCNC1CCCC1CCOc1ccc(OCC)cc1. The van der Waals surface area contributed by atoms with E-state index in [0.717, 1.165) is 37.0 Å². The normalized spacial score (nSPS) is 21.9. The molecular weight excluding hydrogens is 250 g/mol. The van der Waals surface area contributed by atoms with Crippen molar-refractivity contribution < 1.29 is 9.47 Å². The molecule has 1 aromatic rings. The second-order valence-electron chi connectivity index (χ2n) is 5.40. The van der Waals surface area contributed by atoms with Gasteiger partial charge in [-0.3, -0.25) is 0 Å². The third-order valence-electron chi connectivity index (χ3n) is 4.02. The number of benzene rings is 1. The molecule has 1 N–H and O–H groups in total. The molecule has 0 aliphatic heterocycles. The first kappa shape index (κ1) is 15.2. The van der Waals surface area contributed by atoms with E-state index in [0.29, 0.717) is 12.6 Å². The largest absolute Gasteiger partial charge is 0.494 e. The van der Waals surface area contributed by atoms with Gasteiger partial charge in [-0.25, -0.2) is 0 Å². The Hall–Kier alpha value is -1.22. The Kier molecular flexibility index (Phi) is 6.19. The first-order valence-corrected chi connectivity index (χ1v) is 7.92. The monoisotopic (exact) mass is 277 g/mol. The van der Waals surface area contributed by atoms with Crippen molar-refractivity contribution in [3.05, 3.63) is 24.3 Å². The van der Waals surface area contributed by atoms with Crippen LogP contribution in [-0.2, 0) is 0 Å². The van der Waals surface area contributed by atoms with Gasteiger partial charge in [0.15, 0.2) is 0 Å². The number of rotatable bonds is 8. The van der Waals surface area contributed by atoms with Crippen molar-refractivity contribution in [1.82, 2.24) is 5.32 Å². The molecule has 0 spiro atoms. The minimum Gasteiger partial charge on any atom is -0.494 e. The lowest BCUT2D eigenvalue weighted by molar-refractivity contribution is 0.260. The van der Waals surface area contributed by atoms with Crippen LogP contribution in [-0.4, -0.2) is 25.8 Å². The van der Waals surface area contributed by atoms with Crippen LogP contribution in [0.1, 0.15) is 39.5 Å². The second-order valence-corrected chi connectivity index (χ2v) is 5.40. The predicted molar refractivity (Wildman–Crippen MR) is 82.5 cm³/mol. The summed E-state index contributed by atoms with van der Waals surface area (Å²) in [6.07, 6.45) is 5.15. The predicted octanol–water partition coefficient (Wildman–Crippen LogP) is 3.63. The minimum absolute atomic E-state index is 0.698. The number of nitrogens with one attached hydrogen (secondary N) is 1. The molecule has 1 fully saturated rings. The second kappa shape index (κ2) is 8.15. The van der Waals surface area contributed by atoms with Crippen LogP contribution in [0.2, 0.25) is 0 Å². The molecule has 0 bridgehead atoms. The average Bonchev–Trinajstić information content (AvgIpc) is 2.89. The number of hydrogen-bond acceptors (Lipinski definition) is 3. The van der Waals surface area contributed by atoms with Crippen molar-refractivity contribution in [2.75, 3.05) is 19.8 Å². The number of hydrogen-bond donors (Lipinski definition) is 1. The highest BCUT2D eigenvalue weighted by Gasteiger charge is 2.25. The van der Waals surface area contributed by atoms with Crippen molar-refractivity contribution in [2.24, 2.45) is 5.92 Å². The third-order valence-corrected chi connectivity index (χ3v) is 4.02. The van der Waals surface area contributed by atoms with Crippen molar-refractivity contribution in [3.63, 3.8) is 0 Å². The fourth-order valence-corrected chi connectivity index (χ4v) is 3.04. The molecule has 0 radical (unpaired) electrons. The summed E-state index contributed by atoms with van der Waals surface area (Å²) in [5.41, 5.74) is 0. The summed E-state index contributed by atoms with van der Waals surface area (Å²) in [5.74, 6) is 2.62. The van der Waals surface area contributed by atoms with Gasteiger partial charge in [0.1, 0.15) is 11.5 Å². The lowest BCUT2D eigenvalue weighted by Gasteiger charge is -2.20. The van der Waals surface area contributed by atoms with E-state index in [1.54, 1.807) is 0 Å². The zero-order valence-electron chi connectivity index (χ0n) is 12.7. The van der Waals surface area contributed by atoms with Gasteiger partial charge >= 0.3 is 0 Å². The molecule has 1 aromatic carbocycles. The van der Waals surface area contributed by atoms with Crippen LogP contribution in [0.4, 0.5) is 0 Å². The van der Waals surface area contributed by atoms with Crippen molar-refractivity contribution in [3.8, 4) is 11.5 Å². The topological polar surface area (TPSA) is 30.5 Å². The maximum Gasteiger partial charge on any atom is 0.119 e. The van der Waals surface area contributed by atoms with Gasteiger partial charge in [-0.05, 0) is 62.9 Å². The van der Waals surface area contributed by atoms with Gasteiger partial charge in [0.05, 0.1) is 13.2 Å². The minimum atomic E-state index is 0.698. The van der Waals surface area contributed by atoms with Crippen LogP contribution in [0.25, 0.3) is 0 Å². The van der Waals surface area contributed by atoms with Crippen LogP contribution in [0.3, 0.4) is 0 Å². The molecule has 0 saturated heterocycles. The Morgan fingerprint density at radius 3 is 2.40 bits per heavy atom. The highest BCUT2D eigenvalue weighted by atomic mass is 16.5. The first-order chi connectivity index (χ1) is 9.83. The summed E-state index contributed by atoms with van der Waals surface area (Å²) in [7, 11) is 0. The van der Waals surface area contributed by atoms with Crippen molar-refractivity contribution >= 4 is 0 Å². The summed E-state index contributed by atoms with van der Waals surface area (Å²) in [4.78, 5) is 0. The quantitative estimate of drug-likeness (QED) is 0.787. The van der Waals surface area contributed by atoms with Gasteiger partial charge in [-0.1, -0.05) is 13.3 Å². The molecular formula is C17H27NO2. The van der Waals surface area contributed by atoms with Gasteiger partial charge < -0.3 is 14.8 Å². The van der Waals surface area contributed by atoms with Crippen LogP contribution < -0.4 is 14.8 Å².